The fourth-order valence-electron chi connectivity index (χ4n) is 1.36. The summed E-state index contributed by atoms with van der Waals surface area (Å²) in [4.78, 5) is 0. The smallest absolute Gasteiger partial charge is 0.0850 e. The molecule has 0 saturated heterocycles. The molecule has 0 spiro atoms. The van der Waals surface area contributed by atoms with Gasteiger partial charge < -0.3 is 14.9 Å². The van der Waals surface area contributed by atoms with Gasteiger partial charge in [-0.05, 0) is 12.8 Å². The standard InChI is InChI=1S/C9H18O3/c1-2-3-4-12-6-7-5-8(10)9(7)11/h7-11H,2-6H2,1H3/t7-,8+,9?/m1/s1. The van der Waals surface area contributed by atoms with Gasteiger partial charge in [0, 0.05) is 12.5 Å². The van der Waals surface area contributed by atoms with E-state index < -0.39 is 12.2 Å². The van der Waals surface area contributed by atoms with Crippen LogP contribution in [-0.4, -0.2) is 35.6 Å². The van der Waals surface area contributed by atoms with E-state index in [1.807, 2.05) is 0 Å². The number of aliphatic hydroxyl groups is 2. The van der Waals surface area contributed by atoms with E-state index >= 15 is 0 Å². The fraction of sp³-hybridized carbons (Fsp3) is 1.00. The number of unbranched alkanes of at least 4 members (excludes halogenated alkanes) is 1. The van der Waals surface area contributed by atoms with Gasteiger partial charge in [-0.15, -0.1) is 0 Å². The molecule has 1 unspecified atom stereocenters. The van der Waals surface area contributed by atoms with Crippen LogP contribution in [-0.2, 0) is 4.74 Å². The lowest BCUT2D eigenvalue weighted by Gasteiger charge is -2.37. The Bertz CT molecular complexity index is 127. The van der Waals surface area contributed by atoms with Gasteiger partial charge in [-0.1, -0.05) is 13.3 Å². The first-order chi connectivity index (χ1) is 5.75. The summed E-state index contributed by atoms with van der Waals surface area (Å²) in [7, 11) is 0. The SMILES string of the molecule is CCCCOC[C@H]1C[C@H](O)C1O. The van der Waals surface area contributed by atoms with Crippen molar-refractivity contribution in [2.24, 2.45) is 5.92 Å². The highest BCUT2D eigenvalue weighted by atomic mass is 16.5. The summed E-state index contributed by atoms with van der Waals surface area (Å²) >= 11 is 0. The van der Waals surface area contributed by atoms with Crippen molar-refractivity contribution in [3.8, 4) is 0 Å². The van der Waals surface area contributed by atoms with Crippen LogP contribution in [0.25, 0.3) is 0 Å². The first-order valence-electron chi connectivity index (χ1n) is 4.69. The number of hydrogen-bond acceptors (Lipinski definition) is 3. The zero-order valence-electron chi connectivity index (χ0n) is 7.57. The van der Waals surface area contributed by atoms with Crippen LogP contribution >= 0.6 is 0 Å². The molecule has 72 valence electrons. The van der Waals surface area contributed by atoms with E-state index in [0.29, 0.717) is 13.0 Å². The van der Waals surface area contributed by atoms with Gasteiger partial charge in [0.05, 0.1) is 18.8 Å². The number of aliphatic hydroxyl groups excluding tert-OH is 2. The Morgan fingerprint density at radius 3 is 2.67 bits per heavy atom. The lowest BCUT2D eigenvalue weighted by molar-refractivity contribution is -0.124. The second-order valence-electron chi connectivity index (χ2n) is 3.48. The summed E-state index contributed by atoms with van der Waals surface area (Å²) < 4.78 is 5.33. The first-order valence-corrected chi connectivity index (χ1v) is 4.69. The molecule has 1 rings (SSSR count). The summed E-state index contributed by atoms with van der Waals surface area (Å²) in [5.41, 5.74) is 0. The molecule has 2 N–H and O–H groups in total. The summed E-state index contributed by atoms with van der Waals surface area (Å²) in [6.07, 6.45) is 1.84. The number of hydrogen-bond donors (Lipinski definition) is 2. The van der Waals surface area contributed by atoms with Crippen molar-refractivity contribution < 1.29 is 14.9 Å². The van der Waals surface area contributed by atoms with Crippen molar-refractivity contribution in [3.63, 3.8) is 0 Å². The van der Waals surface area contributed by atoms with Gasteiger partial charge in [-0.3, -0.25) is 0 Å². The molecule has 1 fully saturated rings. The Morgan fingerprint density at radius 2 is 2.17 bits per heavy atom. The van der Waals surface area contributed by atoms with E-state index in [9.17, 15) is 5.11 Å². The molecule has 3 nitrogen and oxygen atoms in total. The van der Waals surface area contributed by atoms with E-state index in [-0.39, 0.29) is 5.92 Å². The lowest BCUT2D eigenvalue weighted by Crippen LogP contribution is -2.48. The predicted octanol–water partition coefficient (Wildman–Crippen LogP) is 0.545. The van der Waals surface area contributed by atoms with Gasteiger partial charge in [0.25, 0.3) is 0 Å². The van der Waals surface area contributed by atoms with Crippen molar-refractivity contribution in [3.05, 3.63) is 0 Å². The third-order valence-electron chi connectivity index (χ3n) is 2.40. The molecule has 0 radical (unpaired) electrons. The molecule has 0 heterocycles. The van der Waals surface area contributed by atoms with Crippen LogP contribution in [0.5, 0.6) is 0 Å². The van der Waals surface area contributed by atoms with E-state index in [1.165, 1.54) is 0 Å². The molecule has 1 aliphatic rings. The highest BCUT2D eigenvalue weighted by Gasteiger charge is 2.38. The van der Waals surface area contributed by atoms with Crippen LogP contribution in [0.15, 0.2) is 0 Å². The maximum Gasteiger partial charge on any atom is 0.0850 e. The van der Waals surface area contributed by atoms with Crippen molar-refractivity contribution >= 4 is 0 Å². The van der Waals surface area contributed by atoms with Crippen molar-refractivity contribution in [1.29, 1.82) is 0 Å². The lowest BCUT2D eigenvalue weighted by atomic mass is 9.80. The van der Waals surface area contributed by atoms with Crippen molar-refractivity contribution in [1.82, 2.24) is 0 Å². The van der Waals surface area contributed by atoms with Crippen LogP contribution in [0.1, 0.15) is 26.2 Å². The van der Waals surface area contributed by atoms with Crippen molar-refractivity contribution in [2.75, 3.05) is 13.2 Å². The third kappa shape index (κ3) is 2.44. The van der Waals surface area contributed by atoms with Crippen LogP contribution in [0.2, 0.25) is 0 Å². The number of ether oxygens (including phenoxy) is 1. The molecule has 0 aromatic rings. The fourth-order valence-corrected chi connectivity index (χ4v) is 1.36. The highest BCUT2D eigenvalue weighted by Crippen LogP contribution is 2.27. The normalized spacial score (nSPS) is 34.8. The Balaban J connectivity index is 1.95. The minimum atomic E-state index is -0.549. The molecule has 0 bridgehead atoms. The van der Waals surface area contributed by atoms with Crippen LogP contribution < -0.4 is 0 Å². The quantitative estimate of drug-likeness (QED) is 0.598. The predicted molar refractivity (Wildman–Crippen MR) is 45.8 cm³/mol. The molecule has 0 aromatic carbocycles. The highest BCUT2D eigenvalue weighted by molar-refractivity contribution is 4.88. The largest absolute Gasteiger partial charge is 0.390 e. The zero-order chi connectivity index (χ0) is 8.97. The summed E-state index contributed by atoms with van der Waals surface area (Å²) in [6, 6.07) is 0. The Morgan fingerprint density at radius 1 is 1.42 bits per heavy atom. The Hall–Kier alpha value is -0.120. The second-order valence-corrected chi connectivity index (χ2v) is 3.48. The average Bonchev–Trinajstić information content (AvgIpc) is 2.10. The van der Waals surface area contributed by atoms with Gasteiger partial charge >= 0.3 is 0 Å². The molecule has 1 aliphatic carbocycles. The number of rotatable bonds is 5. The third-order valence-corrected chi connectivity index (χ3v) is 2.40. The van der Waals surface area contributed by atoms with Crippen molar-refractivity contribution in [2.45, 2.75) is 38.4 Å². The Kier molecular flexibility index (Phi) is 3.98. The minimum Gasteiger partial charge on any atom is -0.390 e. The molecular weight excluding hydrogens is 156 g/mol. The first kappa shape index (κ1) is 9.96. The van der Waals surface area contributed by atoms with Crippen LogP contribution in [0.3, 0.4) is 0 Å². The maximum absolute atomic E-state index is 9.20. The average molecular weight is 174 g/mol. The van der Waals surface area contributed by atoms with E-state index in [2.05, 4.69) is 6.92 Å². The molecular formula is C9H18O3. The van der Waals surface area contributed by atoms with E-state index in [0.717, 1.165) is 19.4 Å². The minimum absolute atomic E-state index is 0.164. The monoisotopic (exact) mass is 174 g/mol. The zero-order valence-corrected chi connectivity index (χ0v) is 7.57. The molecule has 0 aromatic heterocycles. The van der Waals surface area contributed by atoms with Gasteiger partial charge in [-0.2, -0.15) is 0 Å². The molecule has 3 heteroatoms. The van der Waals surface area contributed by atoms with E-state index in [1.54, 1.807) is 0 Å². The maximum atomic E-state index is 9.20. The van der Waals surface area contributed by atoms with Gasteiger partial charge in [0.2, 0.25) is 0 Å². The summed E-state index contributed by atoms with van der Waals surface area (Å²) in [6.45, 7) is 3.49. The van der Waals surface area contributed by atoms with Gasteiger partial charge in [0.1, 0.15) is 0 Å². The van der Waals surface area contributed by atoms with Crippen LogP contribution in [0, 0.1) is 5.92 Å². The second kappa shape index (κ2) is 4.80. The topological polar surface area (TPSA) is 49.7 Å². The van der Waals surface area contributed by atoms with Gasteiger partial charge in [0.15, 0.2) is 0 Å². The van der Waals surface area contributed by atoms with Gasteiger partial charge in [-0.25, -0.2) is 0 Å². The summed E-state index contributed by atoms with van der Waals surface area (Å²) in [5.74, 6) is 0.164. The Labute approximate surface area is 73.4 Å². The molecule has 0 amide bonds. The van der Waals surface area contributed by atoms with E-state index in [4.69, 9.17) is 9.84 Å². The molecule has 3 atom stereocenters. The summed E-state index contributed by atoms with van der Waals surface area (Å²) in [5, 5.41) is 18.2. The molecule has 0 aliphatic heterocycles. The molecule has 12 heavy (non-hydrogen) atoms. The van der Waals surface area contributed by atoms with Crippen LogP contribution in [0.4, 0.5) is 0 Å². The molecule has 1 saturated carbocycles.